The van der Waals surface area contributed by atoms with E-state index in [1.54, 1.807) is 19.2 Å². The van der Waals surface area contributed by atoms with Crippen LogP contribution in [0.1, 0.15) is 19.4 Å². The van der Waals surface area contributed by atoms with Crippen molar-refractivity contribution in [2.75, 3.05) is 12.4 Å². The predicted molar refractivity (Wildman–Crippen MR) is 56.3 cm³/mol. The first kappa shape index (κ1) is 10.4. The van der Waals surface area contributed by atoms with Gasteiger partial charge >= 0.3 is 0 Å². The topological polar surface area (TPSA) is 56.0 Å². The molecule has 1 aromatic carbocycles. The second kappa shape index (κ2) is 3.59. The van der Waals surface area contributed by atoms with Gasteiger partial charge in [-0.1, -0.05) is 0 Å². The number of nitrogens with zero attached hydrogens (tertiary/aromatic N) is 1. The lowest BCUT2D eigenvalue weighted by Crippen LogP contribution is -2.13. The molecule has 0 saturated heterocycles. The Kier molecular flexibility index (Phi) is 2.66. The molecule has 0 atom stereocenters. The summed E-state index contributed by atoms with van der Waals surface area (Å²) in [6.07, 6.45) is 0. The maximum Gasteiger partial charge on any atom is 0.117 e. The molecule has 2 N–H and O–H groups in total. The zero-order chi connectivity index (χ0) is 10.8. The van der Waals surface area contributed by atoms with E-state index >= 15 is 0 Å². The highest BCUT2D eigenvalue weighted by Crippen LogP contribution is 2.28. The van der Waals surface area contributed by atoms with Gasteiger partial charge in [0.25, 0.3) is 0 Å². The lowest BCUT2D eigenvalue weighted by molar-refractivity contribution is 0.473. The van der Waals surface area contributed by atoms with Crippen LogP contribution in [0.3, 0.4) is 0 Å². The Labute approximate surface area is 84.0 Å². The van der Waals surface area contributed by atoms with Gasteiger partial charge in [-0.2, -0.15) is 5.26 Å². The van der Waals surface area contributed by atoms with Gasteiger partial charge in [0.1, 0.15) is 5.75 Å². The van der Waals surface area contributed by atoms with Crippen LogP contribution >= 0.6 is 0 Å². The van der Waals surface area contributed by atoms with Gasteiger partial charge in [-0.15, -0.1) is 0 Å². The summed E-state index contributed by atoms with van der Waals surface area (Å²) in [5.41, 5.74) is 1.04. The van der Waals surface area contributed by atoms with Crippen LogP contribution in [0, 0.1) is 11.3 Å². The molecule has 3 heteroatoms. The first-order valence-electron chi connectivity index (χ1n) is 4.43. The summed E-state index contributed by atoms with van der Waals surface area (Å²) < 4.78 is 0. The third-order valence-electron chi connectivity index (χ3n) is 2.21. The number of anilines is 1. The summed E-state index contributed by atoms with van der Waals surface area (Å²) >= 11 is 0. The van der Waals surface area contributed by atoms with E-state index in [9.17, 15) is 5.11 Å². The second-order valence-corrected chi connectivity index (χ2v) is 3.76. The maximum absolute atomic E-state index is 9.43. The number of nitriles is 1. The Morgan fingerprint density at radius 3 is 2.50 bits per heavy atom. The number of benzene rings is 1. The van der Waals surface area contributed by atoms with E-state index in [-0.39, 0.29) is 5.75 Å². The second-order valence-electron chi connectivity index (χ2n) is 3.76. The molecule has 0 amide bonds. The Bertz CT molecular complexity index is 377. The van der Waals surface area contributed by atoms with E-state index in [4.69, 9.17) is 5.26 Å². The van der Waals surface area contributed by atoms with Crippen molar-refractivity contribution in [3.63, 3.8) is 0 Å². The van der Waals surface area contributed by atoms with Crippen LogP contribution in [0.15, 0.2) is 18.2 Å². The summed E-state index contributed by atoms with van der Waals surface area (Å²) in [5, 5.41) is 21.3. The number of phenols is 1. The minimum atomic E-state index is -0.579. The molecule has 0 aliphatic carbocycles. The third kappa shape index (κ3) is 1.97. The largest absolute Gasteiger partial charge is 0.508 e. The summed E-state index contributed by atoms with van der Waals surface area (Å²) in [5.74, 6) is 0.176. The highest BCUT2D eigenvalue weighted by molar-refractivity contribution is 5.53. The fourth-order valence-electron chi connectivity index (χ4n) is 1.18. The molecular formula is C11H14N2O. The molecule has 3 nitrogen and oxygen atoms in total. The van der Waals surface area contributed by atoms with Gasteiger partial charge < -0.3 is 10.4 Å². The molecule has 74 valence electrons. The predicted octanol–water partition coefficient (Wildman–Crippen LogP) is 2.24. The number of rotatable bonds is 2. The summed E-state index contributed by atoms with van der Waals surface area (Å²) in [6.45, 7) is 3.64. The molecule has 0 saturated carbocycles. The molecule has 0 bridgehead atoms. The van der Waals surface area contributed by atoms with Gasteiger partial charge in [0.2, 0.25) is 0 Å². The smallest absolute Gasteiger partial charge is 0.117 e. The average Bonchev–Trinajstić information content (AvgIpc) is 2.16. The number of phenolic OH excluding ortho intramolecular Hbond substituents is 1. The summed E-state index contributed by atoms with van der Waals surface area (Å²) in [4.78, 5) is 0. The van der Waals surface area contributed by atoms with E-state index < -0.39 is 5.41 Å². The zero-order valence-corrected chi connectivity index (χ0v) is 8.63. The molecule has 0 unspecified atom stereocenters. The molecule has 0 fully saturated rings. The number of aromatic hydroxyl groups is 1. The molecule has 0 aliphatic rings. The number of nitrogens with one attached hydrogen (secondary N) is 1. The van der Waals surface area contributed by atoms with Gasteiger partial charge in [-0.05, 0) is 31.5 Å². The summed E-state index contributed by atoms with van der Waals surface area (Å²) in [6, 6.07) is 7.30. The highest BCUT2D eigenvalue weighted by Gasteiger charge is 2.20. The van der Waals surface area contributed by atoms with Crippen LogP contribution < -0.4 is 5.32 Å². The Morgan fingerprint density at radius 2 is 2.00 bits per heavy atom. The fourth-order valence-corrected chi connectivity index (χ4v) is 1.18. The van der Waals surface area contributed by atoms with Crippen molar-refractivity contribution >= 4 is 5.69 Å². The van der Waals surface area contributed by atoms with E-state index in [0.717, 1.165) is 11.3 Å². The number of hydrogen-bond acceptors (Lipinski definition) is 3. The molecule has 0 aromatic heterocycles. The average molecular weight is 190 g/mol. The van der Waals surface area contributed by atoms with E-state index in [1.165, 1.54) is 0 Å². The van der Waals surface area contributed by atoms with Crippen LogP contribution in [-0.4, -0.2) is 12.2 Å². The molecule has 0 radical (unpaired) electrons. The van der Waals surface area contributed by atoms with Crippen molar-refractivity contribution in [1.82, 2.24) is 0 Å². The van der Waals surface area contributed by atoms with Crippen molar-refractivity contribution < 1.29 is 5.11 Å². The zero-order valence-electron chi connectivity index (χ0n) is 8.63. The standard InChI is InChI=1S/C11H14N2O/c1-11(2,7-12)8-4-9(13-3)6-10(14)5-8/h4-6,13-14H,1-3H3. The number of hydrogen-bond donors (Lipinski definition) is 2. The van der Waals surface area contributed by atoms with Crippen molar-refractivity contribution in [2.24, 2.45) is 0 Å². The normalized spacial score (nSPS) is 10.7. The lowest BCUT2D eigenvalue weighted by Gasteiger charge is -2.17. The Morgan fingerprint density at radius 1 is 1.36 bits per heavy atom. The minimum Gasteiger partial charge on any atom is -0.508 e. The molecule has 0 spiro atoms. The molecular weight excluding hydrogens is 176 g/mol. The lowest BCUT2D eigenvalue weighted by atomic mass is 9.86. The van der Waals surface area contributed by atoms with Gasteiger partial charge in [0.15, 0.2) is 0 Å². The first-order valence-corrected chi connectivity index (χ1v) is 4.43. The monoisotopic (exact) mass is 190 g/mol. The van der Waals surface area contributed by atoms with Crippen molar-refractivity contribution in [1.29, 1.82) is 5.26 Å². The molecule has 0 heterocycles. The van der Waals surface area contributed by atoms with Gasteiger partial charge in [-0.25, -0.2) is 0 Å². The SMILES string of the molecule is CNc1cc(O)cc(C(C)(C)C#N)c1. The van der Waals surface area contributed by atoms with Gasteiger partial charge in [0.05, 0.1) is 11.5 Å². The van der Waals surface area contributed by atoms with Crippen LogP contribution in [0.25, 0.3) is 0 Å². The Hall–Kier alpha value is -1.69. The van der Waals surface area contributed by atoms with Crippen molar-refractivity contribution in [2.45, 2.75) is 19.3 Å². The first-order chi connectivity index (χ1) is 6.49. The quantitative estimate of drug-likeness (QED) is 0.751. The molecule has 14 heavy (non-hydrogen) atoms. The van der Waals surface area contributed by atoms with Crippen LogP contribution in [0.5, 0.6) is 5.75 Å². The van der Waals surface area contributed by atoms with Crippen molar-refractivity contribution in [3.8, 4) is 11.8 Å². The minimum absolute atomic E-state index is 0.176. The maximum atomic E-state index is 9.43. The van der Waals surface area contributed by atoms with Crippen LogP contribution in [0.4, 0.5) is 5.69 Å². The highest BCUT2D eigenvalue weighted by atomic mass is 16.3. The van der Waals surface area contributed by atoms with Crippen LogP contribution in [-0.2, 0) is 5.41 Å². The van der Waals surface area contributed by atoms with Gasteiger partial charge in [0, 0.05) is 18.8 Å². The molecule has 1 rings (SSSR count). The van der Waals surface area contributed by atoms with E-state index in [0.29, 0.717) is 0 Å². The Balaban J connectivity index is 3.24. The van der Waals surface area contributed by atoms with E-state index in [2.05, 4.69) is 11.4 Å². The fraction of sp³-hybridized carbons (Fsp3) is 0.364. The molecule has 0 aliphatic heterocycles. The van der Waals surface area contributed by atoms with Crippen LogP contribution in [0.2, 0.25) is 0 Å². The molecule has 1 aromatic rings. The summed E-state index contributed by atoms with van der Waals surface area (Å²) in [7, 11) is 1.78. The van der Waals surface area contributed by atoms with E-state index in [1.807, 2.05) is 19.9 Å². The third-order valence-corrected chi connectivity index (χ3v) is 2.21. The van der Waals surface area contributed by atoms with Gasteiger partial charge in [-0.3, -0.25) is 0 Å². The van der Waals surface area contributed by atoms with Crippen molar-refractivity contribution in [3.05, 3.63) is 23.8 Å².